The van der Waals surface area contributed by atoms with E-state index in [1.165, 1.54) is 6.07 Å². The highest BCUT2D eigenvalue weighted by Gasteiger charge is 2.21. The fourth-order valence-electron chi connectivity index (χ4n) is 3.02. The van der Waals surface area contributed by atoms with Crippen LogP contribution in [-0.4, -0.2) is 22.2 Å². The molecule has 0 saturated carbocycles. The Hall–Kier alpha value is -3.08. The maximum absolute atomic E-state index is 11.0. The molecule has 5 nitrogen and oxygen atoms in total. The summed E-state index contributed by atoms with van der Waals surface area (Å²) in [6.45, 7) is 0.619. The molecule has 1 aromatic heterocycles. The lowest BCUT2D eigenvalue weighted by atomic mass is 9.93. The van der Waals surface area contributed by atoms with Crippen molar-refractivity contribution in [2.75, 3.05) is 6.54 Å². The Morgan fingerprint density at radius 2 is 1.96 bits per heavy atom. The van der Waals surface area contributed by atoms with Crippen molar-refractivity contribution in [2.45, 2.75) is 6.42 Å². The smallest absolute Gasteiger partial charge is 0.269 e. The zero-order valence-electron chi connectivity index (χ0n) is 12.3. The van der Waals surface area contributed by atoms with Gasteiger partial charge in [0.1, 0.15) is 0 Å². The molecule has 0 bridgehead atoms. The van der Waals surface area contributed by atoms with Crippen LogP contribution in [0.1, 0.15) is 16.8 Å². The van der Waals surface area contributed by atoms with Gasteiger partial charge in [0.25, 0.3) is 5.69 Å². The molecule has 1 aliphatic rings. The highest BCUT2D eigenvalue weighted by molar-refractivity contribution is 6.19. The summed E-state index contributed by atoms with van der Waals surface area (Å²) in [6, 6.07) is 15.0. The van der Waals surface area contributed by atoms with Gasteiger partial charge in [0, 0.05) is 35.8 Å². The van der Waals surface area contributed by atoms with Gasteiger partial charge in [-0.05, 0) is 29.5 Å². The Morgan fingerprint density at radius 3 is 2.83 bits per heavy atom. The number of aliphatic imine (C=N–C) groups is 1. The predicted octanol–water partition coefficient (Wildman–Crippen LogP) is 3.54. The summed E-state index contributed by atoms with van der Waals surface area (Å²) in [5.74, 6) is 0. The summed E-state index contributed by atoms with van der Waals surface area (Å²) in [4.78, 5) is 19.8. The summed E-state index contributed by atoms with van der Waals surface area (Å²) < 4.78 is 0. The van der Waals surface area contributed by atoms with Crippen molar-refractivity contribution in [3.63, 3.8) is 0 Å². The fourth-order valence-corrected chi connectivity index (χ4v) is 3.02. The third-order valence-corrected chi connectivity index (χ3v) is 4.10. The third kappa shape index (κ3) is 2.26. The molecule has 0 N–H and O–H groups in total. The van der Waals surface area contributed by atoms with Gasteiger partial charge < -0.3 is 0 Å². The molecule has 2 aromatic carbocycles. The van der Waals surface area contributed by atoms with Crippen LogP contribution in [0, 0.1) is 10.1 Å². The molecular weight excluding hydrogens is 290 g/mol. The second-order valence-electron chi connectivity index (χ2n) is 5.46. The lowest BCUT2D eigenvalue weighted by Gasteiger charge is -2.17. The number of aromatic nitrogens is 1. The van der Waals surface area contributed by atoms with E-state index in [1.54, 1.807) is 18.3 Å². The van der Waals surface area contributed by atoms with Crippen molar-refractivity contribution in [3.8, 4) is 0 Å². The van der Waals surface area contributed by atoms with Crippen molar-refractivity contribution < 1.29 is 4.92 Å². The minimum absolute atomic E-state index is 0.121. The molecule has 0 atom stereocenters. The van der Waals surface area contributed by atoms with Gasteiger partial charge in [-0.2, -0.15) is 0 Å². The van der Waals surface area contributed by atoms with Gasteiger partial charge in [0.15, 0.2) is 0 Å². The van der Waals surface area contributed by atoms with Crippen molar-refractivity contribution in [3.05, 3.63) is 81.7 Å². The number of pyridine rings is 1. The third-order valence-electron chi connectivity index (χ3n) is 4.10. The molecule has 1 aliphatic heterocycles. The predicted molar refractivity (Wildman–Crippen MR) is 89.0 cm³/mol. The quantitative estimate of drug-likeness (QED) is 0.537. The van der Waals surface area contributed by atoms with Crippen molar-refractivity contribution in [1.82, 2.24) is 4.98 Å². The minimum Gasteiger partial charge on any atom is -0.282 e. The first-order chi connectivity index (χ1) is 11.2. The maximum Gasteiger partial charge on any atom is 0.269 e. The summed E-state index contributed by atoms with van der Waals surface area (Å²) >= 11 is 0. The fraction of sp³-hybridized carbons (Fsp3) is 0.111. The summed E-state index contributed by atoms with van der Waals surface area (Å²) in [7, 11) is 0. The molecule has 4 rings (SSSR count). The van der Waals surface area contributed by atoms with Gasteiger partial charge in [0.2, 0.25) is 0 Å². The molecule has 0 radical (unpaired) electrons. The number of hydrogen-bond acceptors (Lipinski definition) is 4. The molecule has 23 heavy (non-hydrogen) atoms. The maximum atomic E-state index is 11.0. The number of nitrogens with zero attached hydrogens (tertiary/aromatic N) is 3. The van der Waals surface area contributed by atoms with Crippen LogP contribution in [0.3, 0.4) is 0 Å². The number of hydrogen-bond donors (Lipinski definition) is 0. The standard InChI is InChI=1S/C18H13N3O2/c22-21(23)14-5-6-16-13(11-14)8-10-20-18(16)17-15-4-2-1-3-12(15)7-9-19-17/h1-7,9,11H,8,10H2. The molecule has 0 aliphatic carbocycles. The molecule has 3 aromatic rings. The minimum atomic E-state index is -0.359. The van der Waals surface area contributed by atoms with Crippen LogP contribution >= 0.6 is 0 Å². The number of rotatable bonds is 2. The average molecular weight is 303 g/mol. The first-order valence-electron chi connectivity index (χ1n) is 7.40. The lowest BCUT2D eigenvalue weighted by molar-refractivity contribution is -0.384. The highest BCUT2D eigenvalue weighted by atomic mass is 16.6. The summed E-state index contributed by atoms with van der Waals surface area (Å²) in [5.41, 5.74) is 3.66. The topological polar surface area (TPSA) is 68.4 Å². The van der Waals surface area contributed by atoms with E-state index >= 15 is 0 Å². The number of nitro benzene ring substituents is 1. The zero-order chi connectivity index (χ0) is 15.8. The largest absolute Gasteiger partial charge is 0.282 e. The van der Waals surface area contributed by atoms with E-state index in [1.807, 2.05) is 30.3 Å². The van der Waals surface area contributed by atoms with Gasteiger partial charge in [0.05, 0.1) is 16.3 Å². The van der Waals surface area contributed by atoms with Crippen LogP contribution in [0.5, 0.6) is 0 Å². The van der Waals surface area contributed by atoms with Crippen LogP contribution < -0.4 is 0 Å². The van der Waals surface area contributed by atoms with Crippen molar-refractivity contribution in [1.29, 1.82) is 0 Å². The molecule has 0 unspecified atom stereocenters. The summed E-state index contributed by atoms with van der Waals surface area (Å²) in [5, 5.41) is 13.1. The molecule has 112 valence electrons. The molecule has 0 fully saturated rings. The number of fused-ring (bicyclic) bond motifs is 2. The second kappa shape index (κ2) is 5.28. The van der Waals surface area contributed by atoms with Crippen molar-refractivity contribution >= 4 is 22.2 Å². The molecule has 0 amide bonds. The number of nitro groups is 1. The van der Waals surface area contributed by atoms with Gasteiger partial charge in [-0.3, -0.25) is 20.1 Å². The van der Waals surface area contributed by atoms with Gasteiger partial charge in [-0.25, -0.2) is 0 Å². The molecular formula is C18H13N3O2. The van der Waals surface area contributed by atoms with Gasteiger partial charge in [-0.15, -0.1) is 0 Å². The normalized spacial score (nSPS) is 13.5. The van der Waals surface area contributed by atoms with E-state index in [4.69, 9.17) is 0 Å². The van der Waals surface area contributed by atoms with Gasteiger partial charge >= 0.3 is 0 Å². The molecule has 0 saturated heterocycles. The van der Waals surface area contributed by atoms with E-state index in [0.717, 1.165) is 33.3 Å². The Morgan fingerprint density at radius 1 is 1.09 bits per heavy atom. The number of benzene rings is 2. The first kappa shape index (κ1) is 13.6. The van der Waals surface area contributed by atoms with Crippen LogP contribution in [0.15, 0.2) is 59.7 Å². The van der Waals surface area contributed by atoms with E-state index in [-0.39, 0.29) is 10.6 Å². The van der Waals surface area contributed by atoms with Gasteiger partial charge in [-0.1, -0.05) is 24.3 Å². The van der Waals surface area contributed by atoms with E-state index in [2.05, 4.69) is 9.98 Å². The lowest BCUT2D eigenvalue weighted by Crippen LogP contribution is -2.16. The Labute approximate surface area is 132 Å². The zero-order valence-corrected chi connectivity index (χ0v) is 12.3. The molecule has 2 heterocycles. The average Bonchev–Trinajstić information content (AvgIpc) is 2.60. The van der Waals surface area contributed by atoms with Crippen LogP contribution in [0.2, 0.25) is 0 Å². The Bertz CT molecular complexity index is 958. The monoisotopic (exact) mass is 303 g/mol. The van der Waals surface area contributed by atoms with E-state index in [0.29, 0.717) is 13.0 Å². The summed E-state index contributed by atoms with van der Waals surface area (Å²) in [6.07, 6.45) is 2.49. The van der Waals surface area contributed by atoms with Crippen LogP contribution in [-0.2, 0) is 6.42 Å². The highest BCUT2D eigenvalue weighted by Crippen LogP contribution is 2.27. The van der Waals surface area contributed by atoms with E-state index < -0.39 is 0 Å². The second-order valence-corrected chi connectivity index (χ2v) is 5.46. The molecule has 5 heteroatoms. The molecule has 0 spiro atoms. The van der Waals surface area contributed by atoms with E-state index in [9.17, 15) is 10.1 Å². The van der Waals surface area contributed by atoms with Crippen LogP contribution in [0.25, 0.3) is 10.8 Å². The number of non-ortho nitro benzene ring substituents is 1. The Balaban J connectivity index is 1.91. The van der Waals surface area contributed by atoms with Crippen molar-refractivity contribution in [2.24, 2.45) is 4.99 Å². The SMILES string of the molecule is O=[N+]([O-])c1ccc2c(c1)CCN=C2c1nccc2ccccc12. The van der Waals surface area contributed by atoms with Crippen LogP contribution in [0.4, 0.5) is 5.69 Å². The first-order valence-corrected chi connectivity index (χ1v) is 7.40. The Kier molecular flexibility index (Phi) is 3.12.